The minimum absolute atomic E-state index is 0.00689. The van der Waals surface area contributed by atoms with Crippen LogP contribution in [0.3, 0.4) is 0 Å². The van der Waals surface area contributed by atoms with Gasteiger partial charge in [-0.25, -0.2) is 0 Å². The predicted octanol–water partition coefficient (Wildman–Crippen LogP) is 2.77. The molecule has 3 rings (SSSR count). The highest BCUT2D eigenvalue weighted by Gasteiger charge is 2.12. The molecule has 1 aliphatic heterocycles. The quantitative estimate of drug-likeness (QED) is 0.917. The van der Waals surface area contributed by atoms with Crippen LogP contribution in [0.5, 0.6) is 17.2 Å². The molecule has 2 aromatic rings. The molecule has 0 radical (unpaired) electrons. The molecule has 0 bridgehead atoms. The monoisotopic (exact) mass is 327 g/mol. The van der Waals surface area contributed by atoms with Crippen molar-refractivity contribution in [1.82, 2.24) is 5.32 Å². The van der Waals surface area contributed by atoms with Gasteiger partial charge in [-0.05, 0) is 54.8 Å². The Labute approximate surface area is 141 Å². The van der Waals surface area contributed by atoms with E-state index in [1.54, 1.807) is 0 Å². The molecule has 24 heavy (non-hydrogen) atoms. The third-order valence-corrected chi connectivity index (χ3v) is 3.94. The summed E-state index contributed by atoms with van der Waals surface area (Å²) in [5.74, 6) is 2.00. The molecule has 0 unspecified atom stereocenters. The highest BCUT2D eigenvalue weighted by Crippen LogP contribution is 2.30. The molecule has 126 valence electrons. The average Bonchev–Trinajstić information content (AvgIpc) is 2.60. The first-order chi connectivity index (χ1) is 11.6. The lowest BCUT2D eigenvalue weighted by Crippen LogP contribution is -2.28. The number of amides is 1. The molecule has 0 aliphatic carbocycles. The predicted molar refractivity (Wildman–Crippen MR) is 90.7 cm³/mol. The van der Waals surface area contributed by atoms with Crippen LogP contribution < -0.4 is 19.5 Å². The second-order valence-corrected chi connectivity index (χ2v) is 5.79. The summed E-state index contributed by atoms with van der Waals surface area (Å²) in [7, 11) is 0. The highest BCUT2D eigenvalue weighted by molar-refractivity contribution is 5.77. The molecule has 0 fully saturated rings. The van der Waals surface area contributed by atoms with Gasteiger partial charge in [0.2, 0.25) is 0 Å². The van der Waals surface area contributed by atoms with Gasteiger partial charge in [0.05, 0.1) is 0 Å². The average molecular weight is 327 g/mol. The van der Waals surface area contributed by atoms with Gasteiger partial charge < -0.3 is 19.5 Å². The van der Waals surface area contributed by atoms with Crippen LogP contribution in [-0.4, -0.2) is 25.7 Å². The van der Waals surface area contributed by atoms with Crippen molar-refractivity contribution in [3.8, 4) is 17.2 Å². The van der Waals surface area contributed by atoms with E-state index < -0.39 is 0 Å². The molecular formula is C19H21NO4. The van der Waals surface area contributed by atoms with Crippen molar-refractivity contribution in [3.05, 3.63) is 53.1 Å². The zero-order valence-electron chi connectivity index (χ0n) is 13.9. The Morgan fingerprint density at radius 2 is 1.83 bits per heavy atom. The van der Waals surface area contributed by atoms with Crippen molar-refractivity contribution in [2.75, 3.05) is 19.8 Å². The first kappa shape index (κ1) is 16.2. The van der Waals surface area contributed by atoms with Crippen LogP contribution >= 0.6 is 0 Å². The number of benzene rings is 2. The van der Waals surface area contributed by atoms with Crippen LogP contribution in [0.15, 0.2) is 36.4 Å². The van der Waals surface area contributed by atoms with Crippen molar-refractivity contribution < 1.29 is 19.0 Å². The molecule has 0 atom stereocenters. The van der Waals surface area contributed by atoms with E-state index in [1.807, 2.05) is 50.2 Å². The lowest BCUT2D eigenvalue weighted by atomic mass is 10.1. The number of carbonyl (C=O) groups excluding carboxylic acids is 1. The molecule has 0 saturated carbocycles. The van der Waals surface area contributed by atoms with Crippen LogP contribution in [0.4, 0.5) is 0 Å². The molecule has 2 aromatic carbocycles. The van der Waals surface area contributed by atoms with E-state index in [-0.39, 0.29) is 12.5 Å². The van der Waals surface area contributed by atoms with Gasteiger partial charge in [0.25, 0.3) is 5.91 Å². The number of hydrogen-bond donors (Lipinski definition) is 1. The van der Waals surface area contributed by atoms with E-state index in [0.29, 0.717) is 25.5 Å². The summed E-state index contributed by atoms with van der Waals surface area (Å²) in [5.41, 5.74) is 3.30. The minimum atomic E-state index is -0.164. The standard InChI is InChI=1S/C19H21NO4/c1-13-3-5-16(9-14(13)2)24-12-19(21)20-11-15-4-6-17-18(10-15)23-8-7-22-17/h3-6,9-10H,7-8,11-12H2,1-2H3,(H,20,21). The third kappa shape index (κ3) is 3.98. The SMILES string of the molecule is Cc1ccc(OCC(=O)NCc2ccc3c(c2)OCCO3)cc1C. The Morgan fingerprint density at radius 1 is 1.04 bits per heavy atom. The number of rotatable bonds is 5. The van der Waals surface area contributed by atoms with E-state index in [0.717, 1.165) is 22.6 Å². The molecule has 5 nitrogen and oxygen atoms in total. The summed E-state index contributed by atoms with van der Waals surface area (Å²) >= 11 is 0. The van der Waals surface area contributed by atoms with Gasteiger partial charge in [0.15, 0.2) is 18.1 Å². The van der Waals surface area contributed by atoms with Gasteiger partial charge >= 0.3 is 0 Å². The van der Waals surface area contributed by atoms with E-state index in [2.05, 4.69) is 5.32 Å². The number of carbonyl (C=O) groups is 1. The molecule has 1 N–H and O–H groups in total. The Kier molecular flexibility index (Phi) is 4.89. The zero-order valence-corrected chi connectivity index (χ0v) is 13.9. The van der Waals surface area contributed by atoms with Crippen LogP contribution in [0.25, 0.3) is 0 Å². The third-order valence-electron chi connectivity index (χ3n) is 3.94. The summed E-state index contributed by atoms with van der Waals surface area (Å²) in [5, 5.41) is 2.84. The Bertz CT molecular complexity index is 742. The smallest absolute Gasteiger partial charge is 0.258 e. The first-order valence-corrected chi connectivity index (χ1v) is 7.97. The van der Waals surface area contributed by atoms with Crippen LogP contribution in [0.2, 0.25) is 0 Å². The Morgan fingerprint density at radius 3 is 2.62 bits per heavy atom. The van der Waals surface area contributed by atoms with Crippen LogP contribution in [0.1, 0.15) is 16.7 Å². The molecule has 1 amide bonds. The van der Waals surface area contributed by atoms with Crippen LogP contribution in [-0.2, 0) is 11.3 Å². The summed E-state index contributed by atoms with van der Waals surface area (Å²) in [6.07, 6.45) is 0. The fraction of sp³-hybridized carbons (Fsp3) is 0.316. The van der Waals surface area contributed by atoms with Crippen LogP contribution in [0, 0.1) is 13.8 Å². The molecule has 1 heterocycles. The fourth-order valence-corrected chi connectivity index (χ4v) is 2.40. The van der Waals surface area contributed by atoms with E-state index in [4.69, 9.17) is 14.2 Å². The van der Waals surface area contributed by atoms with Crippen molar-refractivity contribution in [2.24, 2.45) is 0 Å². The molecule has 0 saturated heterocycles. The highest BCUT2D eigenvalue weighted by atomic mass is 16.6. The molecule has 1 aliphatic rings. The maximum Gasteiger partial charge on any atom is 0.258 e. The second-order valence-electron chi connectivity index (χ2n) is 5.79. The molecular weight excluding hydrogens is 306 g/mol. The summed E-state index contributed by atoms with van der Waals surface area (Å²) < 4.78 is 16.5. The topological polar surface area (TPSA) is 56.8 Å². The molecule has 5 heteroatoms. The number of hydrogen-bond acceptors (Lipinski definition) is 4. The van der Waals surface area contributed by atoms with Gasteiger partial charge in [-0.3, -0.25) is 4.79 Å². The second kappa shape index (κ2) is 7.25. The minimum Gasteiger partial charge on any atom is -0.486 e. The van der Waals surface area contributed by atoms with Crippen molar-refractivity contribution in [1.29, 1.82) is 0 Å². The van der Waals surface area contributed by atoms with E-state index in [9.17, 15) is 4.79 Å². The maximum absolute atomic E-state index is 11.9. The largest absolute Gasteiger partial charge is 0.486 e. The van der Waals surface area contributed by atoms with Gasteiger partial charge in [0, 0.05) is 6.54 Å². The number of nitrogens with one attached hydrogen (secondary N) is 1. The number of aryl methyl sites for hydroxylation is 2. The lowest BCUT2D eigenvalue weighted by Gasteiger charge is -2.19. The Balaban J connectivity index is 1.49. The van der Waals surface area contributed by atoms with E-state index in [1.165, 1.54) is 5.56 Å². The van der Waals surface area contributed by atoms with E-state index >= 15 is 0 Å². The van der Waals surface area contributed by atoms with Gasteiger partial charge in [0.1, 0.15) is 19.0 Å². The molecule has 0 spiro atoms. The van der Waals surface area contributed by atoms with Crippen molar-refractivity contribution in [2.45, 2.75) is 20.4 Å². The van der Waals surface area contributed by atoms with Crippen molar-refractivity contribution in [3.63, 3.8) is 0 Å². The zero-order chi connectivity index (χ0) is 16.9. The van der Waals surface area contributed by atoms with Gasteiger partial charge in [-0.2, -0.15) is 0 Å². The fourth-order valence-electron chi connectivity index (χ4n) is 2.40. The van der Waals surface area contributed by atoms with Crippen molar-refractivity contribution >= 4 is 5.91 Å². The van der Waals surface area contributed by atoms with Gasteiger partial charge in [-0.1, -0.05) is 12.1 Å². The normalized spacial score (nSPS) is 12.6. The van der Waals surface area contributed by atoms with Gasteiger partial charge in [-0.15, -0.1) is 0 Å². The molecule has 0 aromatic heterocycles. The number of ether oxygens (including phenoxy) is 3. The first-order valence-electron chi connectivity index (χ1n) is 7.97. The maximum atomic E-state index is 11.9. The Hall–Kier alpha value is -2.69. The summed E-state index contributed by atoms with van der Waals surface area (Å²) in [6, 6.07) is 11.5. The lowest BCUT2D eigenvalue weighted by molar-refractivity contribution is -0.123. The number of fused-ring (bicyclic) bond motifs is 1. The summed E-state index contributed by atoms with van der Waals surface area (Å²) in [6.45, 7) is 5.59. The summed E-state index contributed by atoms with van der Waals surface area (Å²) in [4.78, 5) is 11.9.